The minimum absolute atomic E-state index is 0.0388. The summed E-state index contributed by atoms with van der Waals surface area (Å²) >= 11 is 1.68. The second-order valence-corrected chi connectivity index (χ2v) is 4.21. The van der Waals surface area contributed by atoms with E-state index in [9.17, 15) is 0 Å². The lowest BCUT2D eigenvalue weighted by Gasteiger charge is -2.01. The van der Waals surface area contributed by atoms with Gasteiger partial charge in [0.05, 0.1) is 11.8 Å². The lowest BCUT2D eigenvalue weighted by Crippen LogP contribution is -2.12. The molecule has 0 radical (unpaired) electrons. The Hall–Kier alpha value is -0.550. The van der Waals surface area contributed by atoms with Gasteiger partial charge in [-0.05, 0) is 25.0 Å². The monoisotopic (exact) mass is 199 g/mol. The fourth-order valence-corrected chi connectivity index (χ4v) is 1.62. The summed E-state index contributed by atoms with van der Waals surface area (Å²) in [6.45, 7) is 0. The van der Waals surface area contributed by atoms with Crippen LogP contribution in [0.2, 0.25) is 0 Å². The van der Waals surface area contributed by atoms with E-state index in [-0.39, 0.29) is 6.04 Å². The summed E-state index contributed by atoms with van der Waals surface area (Å²) in [5, 5.41) is 3.85. The molecule has 5 heteroatoms. The predicted octanol–water partition coefficient (Wildman–Crippen LogP) is 1.34. The van der Waals surface area contributed by atoms with E-state index in [1.807, 2.05) is 6.26 Å². The molecule has 1 fully saturated rings. The molecule has 1 aromatic heterocycles. The van der Waals surface area contributed by atoms with Gasteiger partial charge in [-0.15, -0.1) is 0 Å². The molecular formula is C8H13N3OS. The molecule has 13 heavy (non-hydrogen) atoms. The van der Waals surface area contributed by atoms with Crippen molar-refractivity contribution in [3.63, 3.8) is 0 Å². The third-order valence-corrected chi connectivity index (χ3v) is 2.72. The van der Waals surface area contributed by atoms with Crippen LogP contribution in [0.3, 0.4) is 0 Å². The molecule has 0 aliphatic heterocycles. The standard InChI is InChI=1S/C8H13N3OS/c1-13-4-6-10-8(12-11-6)7(9)5-2-3-5/h5,7H,2-4,9H2,1H3. The highest BCUT2D eigenvalue weighted by Gasteiger charge is 2.33. The Labute approximate surface area is 81.3 Å². The van der Waals surface area contributed by atoms with Crippen LogP contribution in [0.5, 0.6) is 0 Å². The summed E-state index contributed by atoms with van der Waals surface area (Å²) in [6.07, 6.45) is 4.40. The lowest BCUT2D eigenvalue weighted by atomic mass is 10.2. The van der Waals surface area contributed by atoms with Crippen LogP contribution in [0.25, 0.3) is 0 Å². The molecule has 0 saturated heterocycles. The molecular weight excluding hydrogens is 186 g/mol. The van der Waals surface area contributed by atoms with Gasteiger partial charge in [0.2, 0.25) is 5.89 Å². The molecule has 2 N–H and O–H groups in total. The SMILES string of the molecule is CSCc1noc(C(N)C2CC2)n1. The van der Waals surface area contributed by atoms with Crippen molar-refractivity contribution >= 4 is 11.8 Å². The third kappa shape index (κ3) is 2.03. The Morgan fingerprint density at radius 3 is 3.08 bits per heavy atom. The van der Waals surface area contributed by atoms with Crippen LogP contribution in [0.4, 0.5) is 0 Å². The first kappa shape index (κ1) is 9.02. The molecule has 0 aromatic carbocycles. The molecule has 1 unspecified atom stereocenters. The summed E-state index contributed by atoms with van der Waals surface area (Å²) in [7, 11) is 0. The maximum Gasteiger partial charge on any atom is 0.243 e. The van der Waals surface area contributed by atoms with Crippen LogP contribution < -0.4 is 5.73 Å². The number of hydrogen-bond donors (Lipinski definition) is 1. The first-order chi connectivity index (χ1) is 6.31. The lowest BCUT2D eigenvalue weighted by molar-refractivity contribution is 0.341. The number of aromatic nitrogens is 2. The summed E-state index contributed by atoms with van der Waals surface area (Å²) < 4.78 is 5.08. The fraction of sp³-hybridized carbons (Fsp3) is 0.750. The van der Waals surface area contributed by atoms with Crippen LogP contribution >= 0.6 is 11.8 Å². The third-order valence-electron chi connectivity index (χ3n) is 2.17. The molecule has 1 atom stereocenters. The highest BCUT2D eigenvalue weighted by Crippen LogP contribution is 2.38. The summed E-state index contributed by atoms with van der Waals surface area (Å²) in [5.74, 6) is 2.72. The van der Waals surface area contributed by atoms with Crippen molar-refractivity contribution in [2.75, 3.05) is 6.26 Å². The summed E-state index contributed by atoms with van der Waals surface area (Å²) in [6, 6.07) is -0.0388. The van der Waals surface area contributed by atoms with Crippen LogP contribution in [-0.2, 0) is 5.75 Å². The van der Waals surface area contributed by atoms with Gasteiger partial charge < -0.3 is 10.3 Å². The second kappa shape index (κ2) is 3.67. The number of thioether (sulfide) groups is 1. The smallest absolute Gasteiger partial charge is 0.243 e. The van der Waals surface area contributed by atoms with Gasteiger partial charge in [-0.1, -0.05) is 5.16 Å². The van der Waals surface area contributed by atoms with Gasteiger partial charge in [0, 0.05) is 0 Å². The Balaban J connectivity index is 2.03. The Morgan fingerprint density at radius 1 is 1.69 bits per heavy atom. The minimum atomic E-state index is -0.0388. The van der Waals surface area contributed by atoms with E-state index in [1.54, 1.807) is 11.8 Å². The van der Waals surface area contributed by atoms with Gasteiger partial charge >= 0.3 is 0 Å². The highest BCUT2D eigenvalue weighted by atomic mass is 32.2. The topological polar surface area (TPSA) is 64.9 Å². The normalized spacial score (nSPS) is 18.9. The average Bonchev–Trinajstić information content (AvgIpc) is 2.87. The minimum Gasteiger partial charge on any atom is -0.338 e. The predicted molar refractivity (Wildman–Crippen MR) is 51.2 cm³/mol. The van der Waals surface area contributed by atoms with Gasteiger partial charge in [0.1, 0.15) is 0 Å². The van der Waals surface area contributed by atoms with E-state index < -0.39 is 0 Å². The summed E-state index contributed by atoms with van der Waals surface area (Å²) in [4.78, 5) is 4.24. The van der Waals surface area contributed by atoms with Crippen molar-refractivity contribution in [2.24, 2.45) is 11.7 Å². The fourth-order valence-electron chi connectivity index (χ4n) is 1.25. The van der Waals surface area contributed by atoms with E-state index >= 15 is 0 Å². The zero-order valence-electron chi connectivity index (χ0n) is 7.56. The van der Waals surface area contributed by atoms with Crippen LogP contribution in [0.15, 0.2) is 4.52 Å². The number of hydrogen-bond acceptors (Lipinski definition) is 5. The second-order valence-electron chi connectivity index (χ2n) is 3.35. The first-order valence-corrected chi connectivity index (χ1v) is 5.77. The van der Waals surface area contributed by atoms with E-state index in [4.69, 9.17) is 10.3 Å². The van der Waals surface area contributed by atoms with Crippen molar-refractivity contribution in [3.05, 3.63) is 11.7 Å². The molecule has 0 amide bonds. The Morgan fingerprint density at radius 2 is 2.46 bits per heavy atom. The summed E-state index contributed by atoms with van der Waals surface area (Å²) in [5.41, 5.74) is 5.91. The van der Waals surface area contributed by atoms with Crippen LogP contribution in [0, 0.1) is 5.92 Å². The number of nitrogens with zero attached hydrogens (tertiary/aromatic N) is 2. The van der Waals surface area contributed by atoms with Crippen molar-refractivity contribution in [1.29, 1.82) is 0 Å². The number of rotatable bonds is 4. The largest absolute Gasteiger partial charge is 0.338 e. The zero-order chi connectivity index (χ0) is 9.26. The Kier molecular flexibility index (Phi) is 2.55. The first-order valence-electron chi connectivity index (χ1n) is 4.38. The molecule has 72 valence electrons. The molecule has 2 rings (SSSR count). The van der Waals surface area contributed by atoms with Crippen molar-refractivity contribution < 1.29 is 4.52 Å². The van der Waals surface area contributed by atoms with Crippen molar-refractivity contribution in [3.8, 4) is 0 Å². The van der Waals surface area contributed by atoms with E-state index in [2.05, 4.69) is 10.1 Å². The van der Waals surface area contributed by atoms with Crippen molar-refractivity contribution in [1.82, 2.24) is 10.1 Å². The van der Waals surface area contributed by atoms with Gasteiger partial charge in [-0.2, -0.15) is 16.7 Å². The van der Waals surface area contributed by atoms with E-state index in [1.165, 1.54) is 12.8 Å². The molecule has 1 aromatic rings. The van der Waals surface area contributed by atoms with Gasteiger partial charge in [-0.3, -0.25) is 0 Å². The Bertz CT molecular complexity index is 285. The average molecular weight is 199 g/mol. The molecule has 1 aliphatic rings. The van der Waals surface area contributed by atoms with E-state index in [0.29, 0.717) is 11.8 Å². The molecule has 1 heterocycles. The molecule has 1 saturated carbocycles. The molecule has 0 spiro atoms. The maximum atomic E-state index is 5.91. The molecule has 0 bridgehead atoms. The van der Waals surface area contributed by atoms with Crippen LogP contribution in [0.1, 0.15) is 30.6 Å². The molecule has 1 aliphatic carbocycles. The van der Waals surface area contributed by atoms with Crippen LogP contribution in [-0.4, -0.2) is 16.4 Å². The van der Waals surface area contributed by atoms with Gasteiger partial charge in [0.15, 0.2) is 5.82 Å². The zero-order valence-corrected chi connectivity index (χ0v) is 8.38. The maximum absolute atomic E-state index is 5.91. The van der Waals surface area contributed by atoms with Gasteiger partial charge in [0.25, 0.3) is 0 Å². The van der Waals surface area contributed by atoms with E-state index in [0.717, 1.165) is 11.6 Å². The quantitative estimate of drug-likeness (QED) is 0.792. The van der Waals surface area contributed by atoms with Crippen molar-refractivity contribution in [2.45, 2.75) is 24.6 Å². The van der Waals surface area contributed by atoms with Gasteiger partial charge in [-0.25, -0.2) is 0 Å². The molecule has 4 nitrogen and oxygen atoms in total. The highest BCUT2D eigenvalue weighted by molar-refractivity contribution is 7.97. The number of nitrogens with two attached hydrogens (primary N) is 1.